The molecule has 0 fully saturated rings. The smallest absolute Gasteiger partial charge is 0.403 e. The van der Waals surface area contributed by atoms with Crippen molar-refractivity contribution in [3.8, 4) is 5.75 Å². The van der Waals surface area contributed by atoms with E-state index < -0.39 is 17.9 Å². The van der Waals surface area contributed by atoms with Crippen LogP contribution in [0.4, 0.5) is 22.0 Å². The van der Waals surface area contributed by atoms with E-state index in [1.807, 2.05) is 43.6 Å². The molecular formula is C30H27F5N2O. The third kappa shape index (κ3) is 7.37. The molecule has 1 heterocycles. The first-order valence-electron chi connectivity index (χ1n) is 12.4. The largest absolute Gasteiger partial charge is 0.573 e. The van der Waals surface area contributed by atoms with E-state index in [2.05, 4.69) is 20.8 Å². The van der Waals surface area contributed by atoms with Gasteiger partial charge in [0.2, 0.25) is 0 Å². The van der Waals surface area contributed by atoms with Crippen molar-refractivity contribution in [2.45, 2.75) is 51.8 Å². The number of nitrogens with zero attached hydrogens (tertiary/aromatic N) is 2. The number of halogens is 5. The Kier molecular flexibility index (Phi) is 8.71. The van der Waals surface area contributed by atoms with Crippen LogP contribution in [0.5, 0.6) is 5.75 Å². The predicted molar refractivity (Wildman–Crippen MR) is 137 cm³/mol. The van der Waals surface area contributed by atoms with Crippen molar-refractivity contribution in [3.05, 3.63) is 113 Å². The zero-order chi connectivity index (χ0) is 27.1. The second-order valence-corrected chi connectivity index (χ2v) is 9.02. The minimum Gasteiger partial charge on any atom is -0.403 e. The van der Waals surface area contributed by atoms with Gasteiger partial charge in [0, 0.05) is 24.2 Å². The third-order valence-corrected chi connectivity index (χ3v) is 6.23. The number of hydrogen-bond donors (Lipinski definition) is 0. The van der Waals surface area contributed by atoms with Gasteiger partial charge in [-0.3, -0.25) is 0 Å². The Morgan fingerprint density at radius 2 is 1.50 bits per heavy atom. The number of aryl methyl sites for hydroxylation is 5. The summed E-state index contributed by atoms with van der Waals surface area (Å²) in [5.41, 5.74) is 3.03. The van der Waals surface area contributed by atoms with Gasteiger partial charge in [-0.25, -0.2) is 18.7 Å². The molecule has 0 aliphatic rings. The molecule has 4 rings (SSSR count). The van der Waals surface area contributed by atoms with Crippen molar-refractivity contribution < 1.29 is 26.7 Å². The van der Waals surface area contributed by atoms with Gasteiger partial charge in [0.05, 0.1) is 0 Å². The van der Waals surface area contributed by atoms with E-state index in [0.717, 1.165) is 53.7 Å². The van der Waals surface area contributed by atoms with Crippen molar-refractivity contribution in [3.63, 3.8) is 0 Å². The summed E-state index contributed by atoms with van der Waals surface area (Å²) in [5, 5.41) is 1.25. The van der Waals surface area contributed by atoms with Crippen LogP contribution < -0.4 is 4.74 Å². The molecule has 1 aromatic heterocycles. The first-order valence-corrected chi connectivity index (χ1v) is 12.4. The number of fused-ring (bicyclic) bond motifs is 1. The SMILES string of the molecule is C/C=C/CCc1cnc(CCc2ccc3c(F)c(CCc4ccc(OC(F)(F)F)c(F)c4)ccc3c2)nc1. The molecule has 0 amide bonds. The maximum Gasteiger partial charge on any atom is 0.573 e. The molecular weight excluding hydrogens is 499 g/mol. The van der Waals surface area contributed by atoms with Gasteiger partial charge in [0.25, 0.3) is 0 Å². The first-order chi connectivity index (χ1) is 18.2. The Labute approximate surface area is 218 Å². The molecule has 8 heteroatoms. The molecule has 0 atom stereocenters. The van der Waals surface area contributed by atoms with Crippen LogP contribution in [-0.2, 0) is 32.1 Å². The van der Waals surface area contributed by atoms with Crippen LogP contribution in [0.25, 0.3) is 10.8 Å². The Morgan fingerprint density at radius 1 is 0.789 bits per heavy atom. The number of hydrogen-bond acceptors (Lipinski definition) is 3. The highest BCUT2D eigenvalue weighted by atomic mass is 19.4. The zero-order valence-electron chi connectivity index (χ0n) is 20.9. The molecule has 0 spiro atoms. The molecule has 0 radical (unpaired) electrons. The lowest BCUT2D eigenvalue weighted by atomic mass is 9.98. The highest BCUT2D eigenvalue weighted by Gasteiger charge is 2.32. The van der Waals surface area contributed by atoms with Gasteiger partial charge in [0.1, 0.15) is 11.6 Å². The van der Waals surface area contributed by atoms with Gasteiger partial charge in [0.15, 0.2) is 11.6 Å². The van der Waals surface area contributed by atoms with E-state index >= 15 is 4.39 Å². The molecule has 3 nitrogen and oxygen atoms in total. The monoisotopic (exact) mass is 526 g/mol. The summed E-state index contributed by atoms with van der Waals surface area (Å²) in [6.07, 6.45) is 6.68. The van der Waals surface area contributed by atoms with Crippen LogP contribution >= 0.6 is 0 Å². The summed E-state index contributed by atoms with van der Waals surface area (Å²) in [5.74, 6) is -1.60. The summed E-state index contributed by atoms with van der Waals surface area (Å²) in [6.45, 7) is 2.00. The Bertz CT molecular complexity index is 1420. The average molecular weight is 527 g/mol. The van der Waals surface area contributed by atoms with E-state index in [0.29, 0.717) is 22.9 Å². The fourth-order valence-electron chi connectivity index (χ4n) is 4.23. The topological polar surface area (TPSA) is 35.0 Å². The summed E-state index contributed by atoms with van der Waals surface area (Å²) >= 11 is 0. The molecule has 0 N–H and O–H groups in total. The van der Waals surface area contributed by atoms with Gasteiger partial charge in [-0.1, -0.05) is 48.6 Å². The number of benzene rings is 3. The molecule has 0 unspecified atom stereocenters. The fourth-order valence-corrected chi connectivity index (χ4v) is 4.23. The van der Waals surface area contributed by atoms with Crippen LogP contribution in [0.1, 0.15) is 41.4 Å². The van der Waals surface area contributed by atoms with Gasteiger partial charge in [-0.15, -0.1) is 13.2 Å². The van der Waals surface area contributed by atoms with E-state index in [1.165, 1.54) is 6.07 Å². The highest BCUT2D eigenvalue weighted by molar-refractivity contribution is 5.84. The van der Waals surface area contributed by atoms with E-state index in [9.17, 15) is 17.6 Å². The number of aromatic nitrogens is 2. The average Bonchev–Trinajstić information content (AvgIpc) is 2.89. The highest BCUT2D eigenvalue weighted by Crippen LogP contribution is 2.28. The van der Waals surface area contributed by atoms with Crippen LogP contribution in [-0.4, -0.2) is 16.3 Å². The van der Waals surface area contributed by atoms with Crippen molar-refractivity contribution >= 4 is 10.8 Å². The Morgan fingerprint density at radius 3 is 2.21 bits per heavy atom. The molecule has 4 aromatic rings. The number of rotatable bonds is 10. The summed E-state index contributed by atoms with van der Waals surface area (Å²) in [6, 6.07) is 12.4. The summed E-state index contributed by atoms with van der Waals surface area (Å²) < 4.78 is 69.8. The molecule has 0 saturated carbocycles. The summed E-state index contributed by atoms with van der Waals surface area (Å²) in [7, 11) is 0. The molecule has 0 saturated heterocycles. The maximum atomic E-state index is 15.2. The first kappa shape index (κ1) is 27.2. The molecule has 0 aliphatic carbocycles. The zero-order valence-corrected chi connectivity index (χ0v) is 20.9. The maximum absolute atomic E-state index is 15.2. The standard InChI is InChI=1S/C30H27F5N2O/c1-2-3-4-5-22-18-36-28(37-19-22)15-9-20-7-13-25-24(16-20)12-11-23(29(25)32)10-6-21-8-14-27(26(31)17-21)38-30(33,34)35/h2-3,7-8,11-14,16-19H,4-6,9-10,15H2,1H3/b3-2+. The lowest BCUT2D eigenvalue weighted by molar-refractivity contribution is -0.275. The third-order valence-electron chi connectivity index (χ3n) is 6.23. The van der Waals surface area contributed by atoms with Gasteiger partial charge in [-0.2, -0.15) is 0 Å². The Hall–Kier alpha value is -3.81. The minimum absolute atomic E-state index is 0.262. The molecule has 38 heavy (non-hydrogen) atoms. The van der Waals surface area contributed by atoms with E-state index in [1.54, 1.807) is 12.1 Å². The van der Waals surface area contributed by atoms with Crippen molar-refractivity contribution in [2.75, 3.05) is 0 Å². The quantitative estimate of drug-likeness (QED) is 0.156. The van der Waals surface area contributed by atoms with Crippen LogP contribution in [0.3, 0.4) is 0 Å². The molecule has 0 bridgehead atoms. The minimum atomic E-state index is -4.97. The summed E-state index contributed by atoms with van der Waals surface area (Å²) in [4.78, 5) is 8.91. The normalized spacial score (nSPS) is 11.9. The van der Waals surface area contributed by atoms with Gasteiger partial charge in [-0.05, 0) is 78.8 Å². The van der Waals surface area contributed by atoms with Crippen molar-refractivity contribution in [2.24, 2.45) is 0 Å². The van der Waals surface area contributed by atoms with Gasteiger partial charge < -0.3 is 4.74 Å². The second-order valence-electron chi connectivity index (χ2n) is 9.02. The lowest BCUT2D eigenvalue weighted by Crippen LogP contribution is -2.18. The van der Waals surface area contributed by atoms with Crippen LogP contribution in [0.15, 0.2) is 73.1 Å². The fraction of sp³-hybridized carbons (Fsp3) is 0.267. The number of ether oxygens (including phenoxy) is 1. The predicted octanol–water partition coefficient (Wildman–Crippen LogP) is 7.89. The number of allylic oxidation sites excluding steroid dienone is 2. The van der Waals surface area contributed by atoms with Crippen LogP contribution in [0, 0.1) is 11.6 Å². The van der Waals surface area contributed by atoms with E-state index in [-0.39, 0.29) is 18.7 Å². The molecule has 0 aliphatic heterocycles. The van der Waals surface area contributed by atoms with Gasteiger partial charge >= 0.3 is 6.36 Å². The Balaban J connectivity index is 1.37. The number of alkyl halides is 3. The van der Waals surface area contributed by atoms with Crippen molar-refractivity contribution in [1.29, 1.82) is 0 Å². The van der Waals surface area contributed by atoms with Crippen LogP contribution in [0.2, 0.25) is 0 Å². The van der Waals surface area contributed by atoms with E-state index in [4.69, 9.17) is 0 Å². The van der Waals surface area contributed by atoms with Crippen molar-refractivity contribution in [1.82, 2.24) is 9.97 Å². The molecule has 198 valence electrons. The molecule has 3 aromatic carbocycles. The lowest BCUT2D eigenvalue weighted by Gasteiger charge is -2.11. The second kappa shape index (κ2) is 12.2.